The van der Waals surface area contributed by atoms with Crippen molar-refractivity contribution in [1.29, 1.82) is 0 Å². The fourth-order valence-electron chi connectivity index (χ4n) is 1.26. The quantitative estimate of drug-likeness (QED) is 0.652. The van der Waals surface area contributed by atoms with Gasteiger partial charge in [-0.25, -0.2) is 0 Å². The zero-order chi connectivity index (χ0) is 10.9. The van der Waals surface area contributed by atoms with E-state index in [1.165, 1.54) is 5.56 Å². The van der Waals surface area contributed by atoms with Crippen molar-refractivity contribution in [3.05, 3.63) is 34.3 Å². The summed E-state index contributed by atoms with van der Waals surface area (Å²) in [7, 11) is 0. The molecular formula is C11H17BrN2O. The average Bonchev–Trinajstić information content (AvgIpc) is 2.23. The van der Waals surface area contributed by atoms with Gasteiger partial charge in [0.15, 0.2) is 0 Å². The first-order valence-corrected chi connectivity index (χ1v) is 5.89. The fraction of sp³-hybridized carbons (Fsp3) is 0.455. The lowest BCUT2D eigenvalue weighted by molar-refractivity contribution is 0.292. The van der Waals surface area contributed by atoms with E-state index in [-0.39, 0.29) is 6.61 Å². The maximum Gasteiger partial charge on any atom is 0.0555 e. The van der Waals surface area contributed by atoms with Crippen molar-refractivity contribution in [2.45, 2.75) is 6.54 Å². The lowest BCUT2D eigenvalue weighted by Gasteiger charge is -2.06. The summed E-state index contributed by atoms with van der Waals surface area (Å²) in [5, 5.41) is 15.0. The Kier molecular flexibility index (Phi) is 6.59. The second-order valence-corrected chi connectivity index (χ2v) is 4.20. The summed E-state index contributed by atoms with van der Waals surface area (Å²) in [6, 6.07) is 8.25. The number of rotatable bonds is 7. The van der Waals surface area contributed by atoms with Gasteiger partial charge in [-0.15, -0.1) is 0 Å². The molecule has 0 unspecified atom stereocenters. The molecule has 0 amide bonds. The molecule has 0 saturated heterocycles. The third kappa shape index (κ3) is 5.89. The normalized spacial score (nSPS) is 10.5. The lowest BCUT2D eigenvalue weighted by Crippen LogP contribution is -2.28. The fourth-order valence-corrected chi connectivity index (χ4v) is 1.71. The maximum absolute atomic E-state index is 8.54. The van der Waals surface area contributed by atoms with Gasteiger partial charge in [0.1, 0.15) is 0 Å². The van der Waals surface area contributed by atoms with E-state index < -0.39 is 0 Å². The molecule has 0 saturated carbocycles. The van der Waals surface area contributed by atoms with Crippen LogP contribution >= 0.6 is 15.9 Å². The predicted molar refractivity (Wildman–Crippen MR) is 65.8 cm³/mol. The van der Waals surface area contributed by atoms with E-state index >= 15 is 0 Å². The van der Waals surface area contributed by atoms with E-state index in [1.807, 2.05) is 12.1 Å². The van der Waals surface area contributed by atoms with Gasteiger partial charge in [0.05, 0.1) is 6.61 Å². The molecule has 3 N–H and O–H groups in total. The molecule has 0 aromatic heterocycles. The van der Waals surface area contributed by atoms with Crippen molar-refractivity contribution < 1.29 is 5.11 Å². The van der Waals surface area contributed by atoms with E-state index in [0.717, 1.165) is 24.1 Å². The summed E-state index contributed by atoms with van der Waals surface area (Å²) in [4.78, 5) is 0. The van der Waals surface area contributed by atoms with Gasteiger partial charge in [-0.3, -0.25) is 0 Å². The van der Waals surface area contributed by atoms with E-state index in [2.05, 4.69) is 38.7 Å². The van der Waals surface area contributed by atoms with Crippen LogP contribution in [0.5, 0.6) is 0 Å². The first-order chi connectivity index (χ1) is 7.33. The minimum atomic E-state index is 0.200. The number of hydrogen-bond donors (Lipinski definition) is 3. The Bertz CT molecular complexity index is 281. The van der Waals surface area contributed by atoms with Gasteiger partial charge in [0.25, 0.3) is 0 Å². The second-order valence-electron chi connectivity index (χ2n) is 3.28. The van der Waals surface area contributed by atoms with Crippen LogP contribution in [0.25, 0.3) is 0 Å². The van der Waals surface area contributed by atoms with Crippen molar-refractivity contribution >= 4 is 15.9 Å². The highest BCUT2D eigenvalue weighted by Gasteiger charge is 1.93. The maximum atomic E-state index is 8.54. The third-order valence-corrected chi connectivity index (χ3v) is 2.48. The van der Waals surface area contributed by atoms with Crippen LogP contribution in [0.2, 0.25) is 0 Å². The average molecular weight is 273 g/mol. The molecular weight excluding hydrogens is 256 g/mol. The highest BCUT2D eigenvalue weighted by Crippen LogP contribution is 2.10. The molecule has 3 nitrogen and oxygen atoms in total. The van der Waals surface area contributed by atoms with Crippen molar-refractivity contribution in [2.24, 2.45) is 0 Å². The van der Waals surface area contributed by atoms with Crippen LogP contribution < -0.4 is 10.6 Å². The Hall–Kier alpha value is -0.420. The summed E-state index contributed by atoms with van der Waals surface area (Å²) in [6.45, 7) is 3.53. The van der Waals surface area contributed by atoms with E-state index in [0.29, 0.717) is 6.54 Å². The van der Waals surface area contributed by atoms with Crippen molar-refractivity contribution in [3.8, 4) is 0 Å². The van der Waals surface area contributed by atoms with Crippen LogP contribution in [0.15, 0.2) is 28.7 Å². The van der Waals surface area contributed by atoms with Crippen LogP contribution in [0, 0.1) is 0 Å². The van der Waals surface area contributed by atoms with Gasteiger partial charge >= 0.3 is 0 Å². The molecule has 15 heavy (non-hydrogen) atoms. The highest BCUT2D eigenvalue weighted by atomic mass is 79.9. The Morgan fingerprint density at radius 1 is 1.13 bits per heavy atom. The molecule has 1 aromatic rings. The molecule has 0 spiro atoms. The minimum absolute atomic E-state index is 0.200. The minimum Gasteiger partial charge on any atom is -0.395 e. The first-order valence-electron chi connectivity index (χ1n) is 5.09. The van der Waals surface area contributed by atoms with Crippen LogP contribution in [0.3, 0.4) is 0 Å². The number of aliphatic hydroxyl groups excluding tert-OH is 1. The molecule has 84 valence electrons. The summed E-state index contributed by atoms with van der Waals surface area (Å²) in [6.07, 6.45) is 0. The van der Waals surface area contributed by atoms with E-state index in [1.54, 1.807) is 0 Å². The van der Waals surface area contributed by atoms with Crippen LogP contribution in [-0.4, -0.2) is 31.3 Å². The molecule has 0 radical (unpaired) electrons. The van der Waals surface area contributed by atoms with Gasteiger partial charge in [-0.2, -0.15) is 0 Å². The zero-order valence-electron chi connectivity index (χ0n) is 8.67. The van der Waals surface area contributed by atoms with E-state index in [4.69, 9.17) is 5.11 Å². The monoisotopic (exact) mass is 272 g/mol. The Morgan fingerprint density at radius 2 is 1.93 bits per heavy atom. The molecule has 0 aliphatic carbocycles. The predicted octanol–water partition coefficient (Wildman–Crippen LogP) is 1.12. The second kappa shape index (κ2) is 7.82. The SMILES string of the molecule is OCCNCCNCc1cccc(Br)c1. The number of nitrogens with one attached hydrogen (secondary N) is 2. The van der Waals surface area contributed by atoms with Gasteiger partial charge in [0, 0.05) is 30.7 Å². The Labute approximate surface area is 99.0 Å². The summed E-state index contributed by atoms with van der Waals surface area (Å²) < 4.78 is 1.11. The summed E-state index contributed by atoms with van der Waals surface area (Å²) in [5.74, 6) is 0. The van der Waals surface area contributed by atoms with Crippen LogP contribution in [0.1, 0.15) is 5.56 Å². The molecule has 0 aliphatic heterocycles. The van der Waals surface area contributed by atoms with Crippen molar-refractivity contribution in [3.63, 3.8) is 0 Å². The Morgan fingerprint density at radius 3 is 2.67 bits per heavy atom. The molecule has 4 heteroatoms. The van der Waals surface area contributed by atoms with Gasteiger partial charge < -0.3 is 15.7 Å². The summed E-state index contributed by atoms with van der Waals surface area (Å²) in [5.41, 5.74) is 1.27. The number of hydrogen-bond acceptors (Lipinski definition) is 3. The Balaban J connectivity index is 2.10. The topological polar surface area (TPSA) is 44.3 Å². The standard InChI is InChI=1S/C11H17BrN2O/c12-11-3-1-2-10(8-11)9-14-5-4-13-6-7-15/h1-3,8,13-15H,4-7,9H2. The molecule has 1 rings (SSSR count). The van der Waals surface area contributed by atoms with Gasteiger partial charge in [-0.05, 0) is 17.7 Å². The third-order valence-electron chi connectivity index (χ3n) is 1.99. The molecule has 0 aliphatic rings. The van der Waals surface area contributed by atoms with Crippen molar-refractivity contribution in [2.75, 3.05) is 26.2 Å². The van der Waals surface area contributed by atoms with Crippen molar-refractivity contribution in [1.82, 2.24) is 10.6 Å². The smallest absolute Gasteiger partial charge is 0.0555 e. The highest BCUT2D eigenvalue weighted by molar-refractivity contribution is 9.10. The molecule has 0 atom stereocenters. The van der Waals surface area contributed by atoms with Crippen LogP contribution in [0.4, 0.5) is 0 Å². The molecule has 0 bridgehead atoms. The van der Waals surface area contributed by atoms with E-state index in [9.17, 15) is 0 Å². The molecule has 0 heterocycles. The van der Waals surface area contributed by atoms with Gasteiger partial charge in [-0.1, -0.05) is 28.1 Å². The lowest BCUT2D eigenvalue weighted by atomic mass is 10.2. The largest absolute Gasteiger partial charge is 0.395 e. The number of aliphatic hydroxyl groups is 1. The van der Waals surface area contributed by atoms with Crippen LogP contribution in [-0.2, 0) is 6.54 Å². The summed E-state index contributed by atoms with van der Waals surface area (Å²) >= 11 is 3.44. The first kappa shape index (κ1) is 12.6. The molecule has 0 fully saturated rings. The number of halogens is 1. The molecule has 1 aromatic carbocycles. The zero-order valence-corrected chi connectivity index (χ0v) is 10.3. The van der Waals surface area contributed by atoms with Gasteiger partial charge in [0.2, 0.25) is 0 Å². The number of benzene rings is 1.